The molecule has 5 nitrogen and oxygen atoms in total. The van der Waals surface area contributed by atoms with Gasteiger partial charge in [0.15, 0.2) is 5.58 Å². The molecule has 0 aliphatic carbocycles. The smallest absolute Gasteiger partial charge is 0.401 e. The molecule has 4 rings (SSSR count). The van der Waals surface area contributed by atoms with Gasteiger partial charge in [-0.05, 0) is 43.3 Å². The molecule has 1 unspecified atom stereocenters. The highest BCUT2D eigenvalue weighted by molar-refractivity contribution is 6.35. The maximum atomic E-state index is 12.6. The maximum absolute atomic E-state index is 12.6. The van der Waals surface area contributed by atoms with Crippen molar-refractivity contribution in [1.82, 2.24) is 9.88 Å². The van der Waals surface area contributed by atoms with Crippen molar-refractivity contribution >= 4 is 40.3 Å². The third kappa shape index (κ3) is 5.14. The van der Waals surface area contributed by atoms with E-state index in [2.05, 4.69) is 4.98 Å². The predicted molar refractivity (Wildman–Crippen MR) is 110 cm³/mol. The summed E-state index contributed by atoms with van der Waals surface area (Å²) in [4.78, 5) is 18.3. The van der Waals surface area contributed by atoms with E-state index in [1.165, 1.54) is 17.0 Å². The molecule has 0 bridgehead atoms. The number of nitrogens with zero attached hydrogens (tertiary/aromatic N) is 2. The van der Waals surface area contributed by atoms with Crippen molar-refractivity contribution in [3.63, 3.8) is 0 Å². The summed E-state index contributed by atoms with van der Waals surface area (Å²) in [5.74, 6) is -0.350. The summed E-state index contributed by atoms with van der Waals surface area (Å²) in [5.41, 5.74) is 0.680. The van der Waals surface area contributed by atoms with Crippen LogP contribution in [0.15, 0.2) is 40.8 Å². The Morgan fingerprint density at radius 2 is 1.94 bits per heavy atom. The van der Waals surface area contributed by atoms with Gasteiger partial charge in [-0.15, -0.1) is 0 Å². The van der Waals surface area contributed by atoms with Crippen LogP contribution >= 0.6 is 23.2 Å². The molecule has 1 aliphatic heterocycles. The quantitative estimate of drug-likeness (QED) is 0.436. The molecule has 0 amide bonds. The number of benzene rings is 2. The fourth-order valence-corrected chi connectivity index (χ4v) is 4.16. The van der Waals surface area contributed by atoms with Crippen molar-refractivity contribution in [1.29, 1.82) is 0 Å². The Kier molecular flexibility index (Phi) is 5.66. The number of carbonyl (C=O) groups is 1. The van der Waals surface area contributed by atoms with Gasteiger partial charge in [0, 0.05) is 35.1 Å². The molecule has 0 saturated carbocycles. The van der Waals surface area contributed by atoms with Gasteiger partial charge in [0.05, 0.1) is 12.1 Å². The minimum absolute atomic E-state index is 0.0163. The lowest BCUT2D eigenvalue weighted by Crippen LogP contribution is -2.38. The molecule has 1 fully saturated rings. The number of fused-ring (bicyclic) bond motifs is 1. The molecule has 164 valence electrons. The molecule has 1 aliphatic rings. The van der Waals surface area contributed by atoms with E-state index in [1.54, 1.807) is 31.2 Å². The van der Waals surface area contributed by atoms with Gasteiger partial charge in [-0.2, -0.15) is 13.2 Å². The fourth-order valence-electron chi connectivity index (χ4n) is 3.63. The third-order valence-corrected chi connectivity index (χ3v) is 5.43. The van der Waals surface area contributed by atoms with Crippen LogP contribution in [-0.2, 0) is 4.74 Å². The highest BCUT2D eigenvalue weighted by Crippen LogP contribution is 2.31. The minimum Gasteiger partial charge on any atom is -0.454 e. The second-order valence-electron chi connectivity index (χ2n) is 7.77. The Morgan fingerprint density at radius 1 is 1.23 bits per heavy atom. The number of hydrogen-bond donors (Lipinski definition) is 0. The van der Waals surface area contributed by atoms with Gasteiger partial charge in [0.25, 0.3) is 0 Å². The largest absolute Gasteiger partial charge is 0.454 e. The van der Waals surface area contributed by atoms with Crippen molar-refractivity contribution < 1.29 is 27.1 Å². The summed E-state index contributed by atoms with van der Waals surface area (Å²) in [6.07, 6.45) is -3.98. The normalized spacial score (nSPS) is 19.8. The molecule has 2 aromatic carbocycles. The Hall–Kier alpha value is -2.29. The van der Waals surface area contributed by atoms with Gasteiger partial charge in [-0.3, -0.25) is 4.90 Å². The Labute approximate surface area is 185 Å². The number of halogens is 5. The van der Waals surface area contributed by atoms with E-state index >= 15 is 0 Å². The fraction of sp³-hybridized carbons (Fsp3) is 0.333. The number of aromatic nitrogens is 1. The number of hydrogen-bond acceptors (Lipinski definition) is 5. The first-order valence-corrected chi connectivity index (χ1v) is 10.1. The number of likely N-dealkylation sites (tertiary alicyclic amines) is 1. The first-order chi connectivity index (χ1) is 14.5. The van der Waals surface area contributed by atoms with Crippen molar-refractivity contribution in [2.24, 2.45) is 0 Å². The number of rotatable bonds is 4. The first kappa shape index (κ1) is 21.9. The Balaban J connectivity index is 1.51. The molecule has 1 aromatic heterocycles. The second-order valence-corrected chi connectivity index (χ2v) is 8.65. The van der Waals surface area contributed by atoms with Crippen LogP contribution in [0.1, 0.15) is 23.7 Å². The monoisotopic (exact) mass is 472 g/mol. The summed E-state index contributed by atoms with van der Waals surface area (Å²) in [6, 6.07) is 9.53. The molecule has 31 heavy (non-hydrogen) atoms. The van der Waals surface area contributed by atoms with Gasteiger partial charge in [0.1, 0.15) is 11.1 Å². The summed E-state index contributed by atoms with van der Waals surface area (Å²) in [7, 11) is 0. The summed E-state index contributed by atoms with van der Waals surface area (Å²) < 4.78 is 49.2. The lowest BCUT2D eigenvalue weighted by Gasteiger charge is -2.25. The van der Waals surface area contributed by atoms with Gasteiger partial charge in [-0.25, -0.2) is 9.78 Å². The second kappa shape index (κ2) is 8.00. The van der Waals surface area contributed by atoms with Crippen LogP contribution in [0.3, 0.4) is 0 Å². The number of oxazole rings is 1. The van der Waals surface area contributed by atoms with Crippen LogP contribution in [0.5, 0.6) is 0 Å². The maximum Gasteiger partial charge on any atom is 0.401 e. The van der Waals surface area contributed by atoms with Gasteiger partial charge >= 0.3 is 12.1 Å². The lowest BCUT2D eigenvalue weighted by atomic mass is 10.1. The number of ether oxygens (including phenoxy) is 1. The molecule has 1 saturated heterocycles. The van der Waals surface area contributed by atoms with E-state index in [-0.39, 0.29) is 24.5 Å². The van der Waals surface area contributed by atoms with Crippen molar-refractivity contribution in [3.05, 3.63) is 52.0 Å². The van der Waals surface area contributed by atoms with Crippen molar-refractivity contribution in [2.75, 3.05) is 19.6 Å². The molecule has 0 spiro atoms. The molecule has 3 aromatic rings. The standard InChI is InChI=1S/C21H17Cl2F3N2O3/c1-20(4-5-28(10-20)11-21(24,25)26)31-19(29)12-2-3-16-17(8-12)30-18(27-16)13-6-14(22)9-15(23)7-13/h2-3,6-9H,4-5,10-11H2,1H3. The SMILES string of the molecule is CC1(OC(=O)c2ccc3nc(-c4cc(Cl)cc(Cl)c4)oc3c2)CCN(CC(F)(F)F)C1. The van der Waals surface area contributed by atoms with Crippen LogP contribution in [0.2, 0.25) is 10.0 Å². The van der Waals surface area contributed by atoms with E-state index < -0.39 is 24.3 Å². The lowest BCUT2D eigenvalue weighted by molar-refractivity contribution is -0.145. The predicted octanol–water partition coefficient (Wildman–Crippen LogP) is 5.99. The number of esters is 1. The minimum atomic E-state index is -4.29. The van der Waals surface area contributed by atoms with Crippen LogP contribution in [-0.4, -0.2) is 47.3 Å². The summed E-state index contributed by atoms with van der Waals surface area (Å²) >= 11 is 12.0. The summed E-state index contributed by atoms with van der Waals surface area (Å²) in [5, 5.41) is 0.858. The zero-order chi connectivity index (χ0) is 22.4. The molecule has 2 heterocycles. The van der Waals surface area contributed by atoms with E-state index in [4.69, 9.17) is 32.4 Å². The number of alkyl halides is 3. The highest BCUT2D eigenvalue weighted by atomic mass is 35.5. The van der Waals surface area contributed by atoms with E-state index in [0.717, 1.165) is 0 Å². The average molecular weight is 473 g/mol. The molecule has 10 heteroatoms. The molecule has 0 radical (unpaired) electrons. The molecular weight excluding hydrogens is 456 g/mol. The van der Waals surface area contributed by atoms with Crippen LogP contribution in [0.25, 0.3) is 22.6 Å². The van der Waals surface area contributed by atoms with Gasteiger partial charge in [-0.1, -0.05) is 23.2 Å². The van der Waals surface area contributed by atoms with Crippen LogP contribution in [0.4, 0.5) is 13.2 Å². The zero-order valence-electron chi connectivity index (χ0n) is 16.3. The van der Waals surface area contributed by atoms with Gasteiger partial charge in [0.2, 0.25) is 5.89 Å². The molecule has 1 atom stereocenters. The first-order valence-electron chi connectivity index (χ1n) is 9.39. The van der Waals surface area contributed by atoms with E-state index in [9.17, 15) is 18.0 Å². The highest BCUT2D eigenvalue weighted by Gasteiger charge is 2.41. The Bertz CT molecular complexity index is 1130. The van der Waals surface area contributed by atoms with E-state index in [1.807, 2.05) is 0 Å². The molecular formula is C21H17Cl2F3N2O3. The van der Waals surface area contributed by atoms with Gasteiger partial charge < -0.3 is 9.15 Å². The van der Waals surface area contributed by atoms with Crippen LogP contribution < -0.4 is 0 Å². The Morgan fingerprint density at radius 3 is 2.61 bits per heavy atom. The molecule has 0 N–H and O–H groups in total. The van der Waals surface area contributed by atoms with Crippen molar-refractivity contribution in [3.8, 4) is 11.5 Å². The van der Waals surface area contributed by atoms with E-state index in [0.29, 0.717) is 33.1 Å². The van der Waals surface area contributed by atoms with Crippen molar-refractivity contribution in [2.45, 2.75) is 25.1 Å². The number of carbonyl (C=O) groups excluding carboxylic acids is 1. The summed E-state index contributed by atoms with van der Waals surface area (Å²) in [6.45, 7) is 0.828. The average Bonchev–Trinajstić information content (AvgIpc) is 3.22. The third-order valence-electron chi connectivity index (χ3n) is 4.99. The van der Waals surface area contributed by atoms with Crippen LogP contribution in [0, 0.1) is 0 Å². The zero-order valence-corrected chi connectivity index (χ0v) is 17.8. The topological polar surface area (TPSA) is 55.6 Å².